The number of nitrogens with one attached hydrogen (secondary N) is 1. The fourth-order valence-corrected chi connectivity index (χ4v) is 2.18. The van der Waals surface area contributed by atoms with Gasteiger partial charge in [0, 0.05) is 17.3 Å². The molecule has 1 aromatic heterocycles. The Morgan fingerprint density at radius 1 is 1.08 bits per heavy atom. The van der Waals surface area contributed by atoms with Gasteiger partial charge >= 0.3 is 18.3 Å². The van der Waals surface area contributed by atoms with Crippen molar-refractivity contribution in [3.05, 3.63) is 58.9 Å². The highest BCUT2D eigenvalue weighted by Crippen LogP contribution is 2.42. The van der Waals surface area contributed by atoms with Crippen molar-refractivity contribution in [1.82, 2.24) is 4.98 Å². The maximum Gasteiger partial charge on any atom is 0.429 e. The molecule has 2 aromatic rings. The number of H-pyrrole nitrogens is 1. The van der Waals surface area contributed by atoms with E-state index in [4.69, 9.17) is 0 Å². The Bertz CT molecular complexity index is 822. The Morgan fingerprint density at radius 2 is 1.69 bits per heavy atom. The summed E-state index contributed by atoms with van der Waals surface area (Å²) in [6.45, 7) is 1.16. The Labute approximate surface area is 142 Å². The second-order valence-electron chi connectivity index (χ2n) is 5.27. The van der Waals surface area contributed by atoms with Crippen molar-refractivity contribution < 1.29 is 40.7 Å². The fraction of sp³-hybridized carbons (Fsp3) is 0.250. The second kappa shape index (κ2) is 6.85. The summed E-state index contributed by atoms with van der Waals surface area (Å²) in [5.41, 5.74) is -3.28. The van der Waals surface area contributed by atoms with E-state index in [-0.39, 0.29) is 5.56 Å². The molecule has 1 N–H and O–H groups in total. The molecule has 0 bridgehead atoms. The summed E-state index contributed by atoms with van der Waals surface area (Å²) >= 11 is 0. The van der Waals surface area contributed by atoms with Gasteiger partial charge in [-0.05, 0) is 19.1 Å². The van der Waals surface area contributed by atoms with Crippen molar-refractivity contribution >= 4 is 11.8 Å². The van der Waals surface area contributed by atoms with E-state index in [2.05, 4.69) is 9.72 Å². The topological polar surface area (TPSA) is 59.2 Å². The summed E-state index contributed by atoms with van der Waals surface area (Å²) in [6.07, 6.45) is -12.4. The van der Waals surface area contributed by atoms with E-state index in [1.165, 1.54) is 0 Å². The molecule has 0 aliphatic heterocycles. The number of ketones is 1. The van der Waals surface area contributed by atoms with Gasteiger partial charge in [-0.1, -0.05) is 18.2 Å². The first-order chi connectivity index (χ1) is 11.9. The average molecular weight is 379 g/mol. The summed E-state index contributed by atoms with van der Waals surface area (Å²) < 4.78 is 83.1. The van der Waals surface area contributed by atoms with E-state index >= 15 is 0 Å². The van der Waals surface area contributed by atoms with Crippen LogP contribution in [0.3, 0.4) is 0 Å². The third-order valence-corrected chi connectivity index (χ3v) is 3.38. The van der Waals surface area contributed by atoms with Crippen LogP contribution in [-0.4, -0.2) is 22.9 Å². The van der Waals surface area contributed by atoms with E-state index in [0.29, 0.717) is 12.1 Å². The Morgan fingerprint density at radius 3 is 2.19 bits per heavy atom. The van der Waals surface area contributed by atoms with E-state index < -0.39 is 47.0 Å². The number of carbonyl (C=O) groups excluding carboxylic acids is 2. The van der Waals surface area contributed by atoms with Crippen LogP contribution in [0, 0.1) is 0 Å². The average Bonchev–Trinajstić information content (AvgIpc) is 3.00. The van der Waals surface area contributed by atoms with E-state index in [1.54, 1.807) is 0 Å². The van der Waals surface area contributed by atoms with Gasteiger partial charge in [-0.15, -0.1) is 0 Å². The van der Waals surface area contributed by atoms with Crippen LogP contribution in [0.25, 0.3) is 0 Å². The molecule has 140 valence electrons. The molecular weight excluding hydrogens is 368 g/mol. The Hall–Kier alpha value is -2.78. The molecule has 26 heavy (non-hydrogen) atoms. The normalized spacial score (nSPS) is 13.3. The number of halogens is 6. The highest BCUT2D eigenvalue weighted by atomic mass is 19.4. The predicted molar refractivity (Wildman–Crippen MR) is 76.5 cm³/mol. The third-order valence-electron chi connectivity index (χ3n) is 3.38. The molecule has 1 atom stereocenters. The van der Waals surface area contributed by atoms with Crippen molar-refractivity contribution in [1.29, 1.82) is 0 Å². The molecule has 0 saturated carbocycles. The number of carbonyl (C=O) groups is 2. The Balaban J connectivity index is 2.41. The lowest BCUT2D eigenvalue weighted by molar-refractivity contribution is -0.210. The highest BCUT2D eigenvalue weighted by molar-refractivity contribution is 5.97. The molecule has 1 unspecified atom stereocenters. The first kappa shape index (κ1) is 19.5. The van der Waals surface area contributed by atoms with Crippen molar-refractivity contribution in [2.45, 2.75) is 25.4 Å². The Kier molecular flexibility index (Phi) is 5.15. The molecule has 1 aromatic carbocycles. The van der Waals surface area contributed by atoms with Crippen LogP contribution in [-0.2, 0) is 10.9 Å². The van der Waals surface area contributed by atoms with E-state index in [0.717, 1.165) is 31.3 Å². The number of hydrogen-bond acceptors (Lipinski definition) is 3. The lowest BCUT2D eigenvalue weighted by atomic mass is 10.0. The van der Waals surface area contributed by atoms with Crippen LogP contribution >= 0.6 is 0 Å². The van der Waals surface area contributed by atoms with Crippen LogP contribution in [0.4, 0.5) is 26.3 Å². The van der Waals surface area contributed by atoms with Crippen molar-refractivity contribution in [2.75, 3.05) is 0 Å². The molecule has 0 spiro atoms. The fourth-order valence-electron chi connectivity index (χ4n) is 2.18. The summed E-state index contributed by atoms with van der Waals surface area (Å²) in [5.74, 6) is -2.01. The summed E-state index contributed by atoms with van der Waals surface area (Å²) in [5, 5.41) is 0. The number of esters is 1. The van der Waals surface area contributed by atoms with Gasteiger partial charge in [0.1, 0.15) is 5.69 Å². The van der Waals surface area contributed by atoms with Crippen LogP contribution in [0.5, 0.6) is 0 Å². The number of benzene rings is 1. The minimum absolute atomic E-state index is 0.0104. The second-order valence-corrected chi connectivity index (χ2v) is 5.27. The maximum absolute atomic E-state index is 13.3. The smallest absolute Gasteiger partial charge is 0.429 e. The largest absolute Gasteiger partial charge is 0.443 e. The molecule has 0 saturated heterocycles. The molecule has 0 aliphatic carbocycles. The predicted octanol–water partition coefficient (Wildman–Crippen LogP) is 4.70. The van der Waals surface area contributed by atoms with Crippen molar-refractivity contribution in [2.24, 2.45) is 0 Å². The molecule has 4 nitrogen and oxygen atoms in total. The molecule has 0 fully saturated rings. The summed E-state index contributed by atoms with van der Waals surface area (Å²) in [7, 11) is 0. The minimum atomic E-state index is -5.28. The standard InChI is InChI=1S/C16H11F6NO3/c1-8(24)9-6-12(23-7-9)14(25)26-13(16(20,21)22)10-4-2-3-5-11(10)15(17,18)19/h2-7,13,23H,1H3. The number of Topliss-reactive ketones (excluding diaryl/α,β-unsaturated/α-hetero) is 1. The van der Waals surface area contributed by atoms with Gasteiger partial charge in [0.15, 0.2) is 5.78 Å². The quantitative estimate of drug-likeness (QED) is 0.476. The number of hydrogen-bond donors (Lipinski definition) is 1. The van der Waals surface area contributed by atoms with Crippen LogP contribution in [0.2, 0.25) is 0 Å². The summed E-state index contributed by atoms with van der Waals surface area (Å²) in [6, 6.07) is 3.90. The molecule has 2 rings (SSSR count). The number of rotatable bonds is 4. The maximum atomic E-state index is 13.3. The summed E-state index contributed by atoms with van der Waals surface area (Å²) in [4.78, 5) is 25.3. The first-order valence-electron chi connectivity index (χ1n) is 7.04. The molecule has 1 heterocycles. The number of ether oxygens (including phenoxy) is 1. The lowest BCUT2D eigenvalue weighted by Crippen LogP contribution is -2.28. The van der Waals surface area contributed by atoms with Gasteiger partial charge < -0.3 is 9.72 Å². The molecule has 10 heteroatoms. The van der Waals surface area contributed by atoms with E-state index in [1.807, 2.05) is 0 Å². The van der Waals surface area contributed by atoms with Crippen LogP contribution in [0.1, 0.15) is 45.0 Å². The number of aromatic nitrogens is 1. The van der Waals surface area contributed by atoms with Crippen molar-refractivity contribution in [3.8, 4) is 0 Å². The van der Waals surface area contributed by atoms with Gasteiger partial charge in [-0.3, -0.25) is 4.79 Å². The SMILES string of the molecule is CC(=O)c1c[nH]c(C(=O)OC(c2ccccc2C(F)(F)F)C(F)(F)F)c1. The van der Waals surface area contributed by atoms with Crippen LogP contribution in [0.15, 0.2) is 36.5 Å². The zero-order valence-electron chi connectivity index (χ0n) is 13.0. The molecule has 0 radical (unpaired) electrons. The zero-order chi connectivity index (χ0) is 19.7. The lowest BCUT2D eigenvalue weighted by Gasteiger charge is -2.23. The third kappa shape index (κ3) is 4.24. The number of aromatic amines is 1. The van der Waals surface area contributed by atoms with Crippen LogP contribution < -0.4 is 0 Å². The zero-order valence-corrected chi connectivity index (χ0v) is 13.0. The van der Waals surface area contributed by atoms with Gasteiger partial charge in [-0.25, -0.2) is 4.79 Å². The van der Waals surface area contributed by atoms with Crippen molar-refractivity contribution in [3.63, 3.8) is 0 Å². The highest BCUT2D eigenvalue weighted by Gasteiger charge is 2.48. The first-order valence-corrected chi connectivity index (χ1v) is 7.04. The van der Waals surface area contributed by atoms with E-state index in [9.17, 15) is 35.9 Å². The van der Waals surface area contributed by atoms with Gasteiger partial charge in [-0.2, -0.15) is 26.3 Å². The molecule has 0 aliphatic rings. The molecule has 0 amide bonds. The molecular formula is C16H11F6NO3. The monoisotopic (exact) mass is 379 g/mol. The van der Waals surface area contributed by atoms with Gasteiger partial charge in [0.25, 0.3) is 0 Å². The van der Waals surface area contributed by atoms with Gasteiger partial charge in [0.2, 0.25) is 6.10 Å². The van der Waals surface area contributed by atoms with Gasteiger partial charge in [0.05, 0.1) is 5.56 Å². The minimum Gasteiger partial charge on any atom is -0.443 e. The number of alkyl halides is 6.